The van der Waals surface area contributed by atoms with Crippen LogP contribution in [0, 0.1) is 5.41 Å². The van der Waals surface area contributed by atoms with Gasteiger partial charge in [-0.05, 0) is 31.1 Å². The maximum atomic E-state index is 11.3. The third kappa shape index (κ3) is 1.91. The van der Waals surface area contributed by atoms with Crippen LogP contribution in [-0.4, -0.2) is 29.0 Å². The second-order valence-electron chi connectivity index (χ2n) is 4.98. The van der Waals surface area contributed by atoms with E-state index in [1.165, 1.54) is 0 Å². The Morgan fingerprint density at radius 3 is 2.60 bits per heavy atom. The number of rotatable bonds is 4. The van der Waals surface area contributed by atoms with Gasteiger partial charge in [0.25, 0.3) is 0 Å². The van der Waals surface area contributed by atoms with Crippen molar-refractivity contribution < 1.29 is 9.90 Å². The summed E-state index contributed by atoms with van der Waals surface area (Å²) in [5, 5.41) is 12.5. The third-order valence-corrected chi connectivity index (χ3v) is 3.96. The third-order valence-electron chi connectivity index (χ3n) is 3.59. The van der Waals surface area contributed by atoms with Crippen molar-refractivity contribution in [3.05, 3.63) is 12.2 Å². The largest absolute Gasteiger partial charge is 0.480 e. The number of carbonyl (C=O) groups is 1. The van der Waals surface area contributed by atoms with Crippen LogP contribution >= 0.6 is 11.6 Å². The molecule has 0 unspecified atom stereocenters. The topological polar surface area (TPSA) is 49.3 Å². The van der Waals surface area contributed by atoms with Crippen LogP contribution < -0.4 is 5.32 Å². The minimum Gasteiger partial charge on any atom is -0.480 e. The number of nitrogens with one attached hydrogen (secondary N) is 1. The highest BCUT2D eigenvalue weighted by Crippen LogP contribution is 2.55. The fourth-order valence-corrected chi connectivity index (χ4v) is 2.57. The fourth-order valence-electron chi connectivity index (χ4n) is 2.48. The molecule has 15 heavy (non-hydrogen) atoms. The maximum Gasteiger partial charge on any atom is 0.324 e. The van der Waals surface area contributed by atoms with Gasteiger partial charge in [-0.15, -0.1) is 11.6 Å². The Hall–Kier alpha value is -0.540. The van der Waals surface area contributed by atoms with E-state index in [0.29, 0.717) is 12.3 Å². The van der Waals surface area contributed by atoms with Crippen molar-refractivity contribution in [3.8, 4) is 0 Å². The summed E-state index contributed by atoms with van der Waals surface area (Å²) in [4.78, 5) is 11.3. The van der Waals surface area contributed by atoms with E-state index in [1.807, 2.05) is 0 Å². The quantitative estimate of drug-likeness (QED) is 0.571. The standard InChI is InChI=1S/C11H16ClNO2/c1-8(5-12)4-11(9(14)15)6-10(2-3-10)7-13-11/h13H,1-7H2,(H,14,15)/t11-/m0/s1. The van der Waals surface area contributed by atoms with Crippen LogP contribution in [0.15, 0.2) is 12.2 Å². The van der Waals surface area contributed by atoms with Crippen LogP contribution in [-0.2, 0) is 4.79 Å². The van der Waals surface area contributed by atoms with Crippen molar-refractivity contribution in [2.75, 3.05) is 12.4 Å². The summed E-state index contributed by atoms with van der Waals surface area (Å²) in [5.74, 6) is -0.429. The van der Waals surface area contributed by atoms with E-state index < -0.39 is 11.5 Å². The first-order chi connectivity index (χ1) is 7.02. The van der Waals surface area contributed by atoms with E-state index in [0.717, 1.165) is 31.4 Å². The molecule has 84 valence electrons. The lowest BCUT2D eigenvalue weighted by Crippen LogP contribution is -2.47. The summed E-state index contributed by atoms with van der Waals surface area (Å²) in [6, 6.07) is 0. The molecule has 4 heteroatoms. The van der Waals surface area contributed by atoms with Crippen LogP contribution in [0.25, 0.3) is 0 Å². The summed E-state index contributed by atoms with van der Waals surface area (Å²) in [6.07, 6.45) is 3.49. The van der Waals surface area contributed by atoms with E-state index in [1.54, 1.807) is 0 Å². The molecule has 0 aromatic heterocycles. The second kappa shape index (κ2) is 3.49. The van der Waals surface area contributed by atoms with Crippen LogP contribution in [0.3, 0.4) is 0 Å². The first-order valence-corrected chi connectivity index (χ1v) is 5.77. The summed E-state index contributed by atoms with van der Waals surface area (Å²) < 4.78 is 0. The number of hydrogen-bond acceptors (Lipinski definition) is 2. The van der Waals surface area contributed by atoms with Crippen molar-refractivity contribution in [1.82, 2.24) is 5.32 Å². The van der Waals surface area contributed by atoms with E-state index in [4.69, 9.17) is 11.6 Å². The minimum absolute atomic E-state index is 0.269. The number of alkyl halides is 1. The molecule has 0 aromatic rings. The molecule has 2 rings (SSSR count). The average Bonchev–Trinajstić information content (AvgIpc) is 2.83. The smallest absolute Gasteiger partial charge is 0.324 e. The Labute approximate surface area is 94.5 Å². The number of halogens is 1. The summed E-state index contributed by atoms with van der Waals surface area (Å²) >= 11 is 5.66. The van der Waals surface area contributed by atoms with Gasteiger partial charge in [-0.3, -0.25) is 4.79 Å². The van der Waals surface area contributed by atoms with Gasteiger partial charge in [0, 0.05) is 12.4 Å². The Balaban J connectivity index is 2.11. The monoisotopic (exact) mass is 229 g/mol. The Morgan fingerprint density at radius 1 is 1.53 bits per heavy atom. The van der Waals surface area contributed by atoms with E-state index in [9.17, 15) is 9.90 Å². The second-order valence-corrected chi connectivity index (χ2v) is 5.25. The van der Waals surface area contributed by atoms with Gasteiger partial charge in [-0.25, -0.2) is 0 Å². The molecular formula is C11H16ClNO2. The van der Waals surface area contributed by atoms with Gasteiger partial charge in [0.15, 0.2) is 0 Å². The molecule has 0 radical (unpaired) electrons. The van der Waals surface area contributed by atoms with E-state index >= 15 is 0 Å². The zero-order valence-corrected chi connectivity index (χ0v) is 9.44. The van der Waals surface area contributed by atoms with Gasteiger partial charge in [-0.1, -0.05) is 12.2 Å². The molecule has 1 atom stereocenters. The van der Waals surface area contributed by atoms with Crippen LogP contribution in [0.1, 0.15) is 25.7 Å². The molecular weight excluding hydrogens is 214 g/mol. The number of hydrogen-bond donors (Lipinski definition) is 2. The highest BCUT2D eigenvalue weighted by atomic mass is 35.5. The summed E-state index contributed by atoms with van der Waals surface area (Å²) in [6.45, 7) is 4.63. The van der Waals surface area contributed by atoms with Gasteiger partial charge in [0.05, 0.1) is 0 Å². The molecule has 1 aliphatic carbocycles. The Morgan fingerprint density at radius 2 is 2.20 bits per heavy atom. The van der Waals surface area contributed by atoms with Crippen LogP contribution in [0.5, 0.6) is 0 Å². The molecule has 1 saturated heterocycles. The van der Waals surface area contributed by atoms with Gasteiger partial charge in [0.1, 0.15) is 5.54 Å². The van der Waals surface area contributed by atoms with Gasteiger partial charge in [-0.2, -0.15) is 0 Å². The number of aliphatic carboxylic acids is 1. The summed E-state index contributed by atoms with van der Waals surface area (Å²) in [5.41, 5.74) is 0.261. The fraction of sp³-hybridized carbons (Fsp3) is 0.727. The van der Waals surface area contributed by atoms with Crippen molar-refractivity contribution in [3.63, 3.8) is 0 Å². The van der Waals surface area contributed by atoms with E-state index in [2.05, 4.69) is 11.9 Å². The van der Waals surface area contributed by atoms with Crippen LogP contribution in [0.4, 0.5) is 0 Å². The zero-order valence-electron chi connectivity index (χ0n) is 8.68. The predicted octanol–water partition coefficient (Wildman–Crippen LogP) is 1.77. The number of carboxylic acids is 1. The first-order valence-electron chi connectivity index (χ1n) is 5.23. The zero-order chi connectivity index (χ0) is 11.1. The molecule has 2 fully saturated rings. The van der Waals surface area contributed by atoms with Gasteiger partial charge in [0.2, 0.25) is 0 Å². The lowest BCUT2D eigenvalue weighted by atomic mass is 9.86. The molecule has 0 aromatic carbocycles. The number of carboxylic acid groups (broad SMARTS) is 1. The lowest BCUT2D eigenvalue weighted by Gasteiger charge is -2.25. The molecule has 0 bridgehead atoms. The Bertz CT molecular complexity index is 312. The molecule has 0 amide bonds. The molecule has 1 spiro atoms. The predicted molar refractivity (Wildman–Crippen MR) is 59.1 cm³/mol. The SMILES string of the molecule is C=C(CCl)C[C@@]1(C(=O)O)CC2(CC2)CN1. The molecule has 3 nitrogen and oxygen atoms in total. The minimum atomic E-state index is -0.803. The van der Waals surface area contributed by atoms with Crippen molar-refractivity contribution in [2.24, 2.45) is 5.41 Å². The van der Waals surface area contributed by atoms with Crippen LogP contribution in [0.2, 0.25) is 0 Å². The average molecular weight is 230 g/mol. The molecule has 2 aliphatic rings. The first kappa shape index (κ1) is 11.0. The summed E-state index contributed by atoms with van der Waals surface area (Å²) in [7, 11) is 0. The molecule has 1 aliphatic heterocycles. The molecule has 2 N–H and O–H groups in total. The maximum absolute atomic E-state index is 11.3. The molecule has 1 saturated carbocycles. The lowest BCUT2D eigenvalue weighted by molar-refractivity contribution is -0.144. The van der Waals surface area contributed by atoms with Crippen molar-refractivity contribution in [1.29, 1.82) is 0 Å². The normalized spacial score (nSPS) is 31.8. The van der Waals surface area contributed by atoms with Crippen molar-refractivity contribution >= 4 is 17.6 Å². The highest BCUT2D eigenvalue weighted by molar-refractivity contribution is 6.19. The molecule has 1 heterocycles. The highest BCUT2D eigenvalue weighted by Gasteiger charge is 2.57. The van der Waals surface area contributed by atoms with Crippen molar-refractivity contribution in [2.45, 2.75) is 31.2 Å². The van der Waals surface area contributed by atoms with Gasteiger partial charge >= 0.3 is 5.97 Å². The van der Waals surface area contributed by atoms with Gasteiger partial charge < -0.3 is 10.4 Å². The van der Waals surface area contributed by atoms with E-state index in [-0.39, 0.29) is 5.41 Å². The Kier molecular flexibility index (Phi) is 2.55.